The molecule has 2 aromatic heterocycles. The second-order valence-corrected chi connectivity index (χ2v) is 6.52. The van der Waals surface area contributed by atoms with E-state index >= 15 is 0 Å². The molecule has 2 heterocycles. The van der Waals surface area contributed by atoms with Gasteiger partial charge in [0.05, 0.1) is 12.6 Å². The third kappa shape index (κ3) is 2.99. The molecule has 1 N–H and O–H groups in total. The van der Waals surface area contributed by atoms with Gasteiger partial charge in [0, 0.05) is 17.7 Å². The Bertz CT molecular complexity index is 885. The highest BCUT2D eigenvalue weighted by atomic mass is 16.4. The van der Waals surface area contributed by atoms with Crippen molar-refractivity contribution in [3.63, 3.8) is 0 Å². The van der Waals surface area contributed by atoms with Gasteiger partial charge in [0.25, 0.3) is 0 Å². The maximum absolute atomic E-state index is 5.58. The van der Waals surface area contributed by atoms with Crippen LogP contribution in [-0.4, -0.2) is 30.4 Å². The Morgan fingerprint density at radius 1 is 1.24 bits per heavy atom. The van der Waals surface area contributed by atoms with Crippen molar-refractivity contribution in [2.24, 2.45) is 5.92 Å². The normalized spacial score (nSPS) is 19.2. The van der Waals surface area contributed by atoms with Gasteiger partial charge in [-0.25, -0.2) is 4.68 Å². The Morgan fingerprint density at radius 2 is 2.04 bits per heavy atom. The molecule has 0 spiro atoms. The molecule has 1 fully saturated rings. The van der Waals surface area contributed by atoms with E-state index in [-0.39, 0.29) is 0 Å². The first-order valence-corrected chi connectivity index (χ1v) is 8.60. The van der Waals surface area contributed by atoms with E-state index in [1.54, 1.807) is 0 Å². The van der Waals surface area contributed by atoms with E-state index in [2.05, 4.69) is 51.0 Å². The van der Waals surface area contributed by atoms with E-state index < -0.39 is 0 Å². The quantitative estimate of drug-likeness (QED) is 0.738. The highest BCUT2D eigenvalue weighted by Gasteiger charge is 2.37. The average Bonchev–Trinajstić information content (AvgIpc) is 3.05. The Balaban J connectivity index is 1.63. The number of aromatic nitrogens is 6. The zero-order chi connectivity index (χ0) is 17.4. The average molecular weight is 339 g/mol. The highest BCUT2D eigenvalue weighted by Crippen LogP contribution is 2.44. The molecule has 3 aromatic rings. The molecule has 0 bridgehead atoms. The highest BCUT2D eigenvalue weighted by molar-refractivity contribution is 5.76. The zero-order valence-corrected chi connectivity index (χ0v) is 14.6. The molecule has 25 heavy (non-hydrogen) atoms. The largest absolute Gasteiger partial charge is 0.423 e. The van der Waals surface area contributed by atoms with Crippen LogP contribution in [0, 0.1) is 12.8 Å². The SMILES string of the molecule is CCc1nnc(CNc2c(C)cccc2-c2nnnn2[C@@H]2C[C@H]2C)o1. The van der Waals surface area contributed by atoms with Crippen LogP contribution in [0.3, 0.4) is 0 Å². The molecule has 0 amide bonds. The second-order valence-electron chi connectivity index (χ2n) is 6.52. The van der Waals surface area contributed by atoms with Crippen LogP contribution in [0.1, 0.15) is 43.7 Å². The van der Waals surface area contributed by atoms with E-state index in [0.29, 0.717) is 30.3 Å². The molecule has 1 aliphatic rings. The van der Waals surface area contributed by atoms with E-state index in [4.69, 9.17) is 4.42 Å². The molecule has 4 rings (SSSR count). The van der Waals surface area contributed by atoms with Crippen LogP contribution in [0.5, 0.6) is 0 Å². The van der Waals surface area contributed by atoms with Crippen molar-refractivity contribution in [1.29, 1.82) is 0 Å². The number of nitrogens with one attached hydrogen (secondary N) is 1. The van der Waals surface area contributed by atoms with Crippen molar-refractivity contribution in [2.75, 3.05) is 5.32 Å². The lowest BCUT2D eigenvalue weighted by Crippen LogP contribution is -2.06. The lowest BCUT2D eigenvalue weighted by Gasteiger charge is -2.13. The maximum Gasteiger partial charge on any atom is 0.235 e. The van der Waals surface area contributed by atoms with Crippen LogP contribution in [0.4, 0.5) is 5.69 Å². The van der Waals surface area contributed by atoms with Crippen LogP contribution >= 0.6 is 0 Å². The van der Waals surface area contributed by atoms with E-state index in [1.165, 1.54) is 0 Å². The van der Waals surface area contributed by atoms with Crippen molar-refractivity contribution >= 4 is 5.69 Å². The first kappa shape index (κ1) is 15.7. The van der Waals surface area contributed by atoms with Gasteiger partial charge in [-0.15, -0.1) is 15.3 Å². The third-order valence-corrected chi connectivity index (χ3v) is 4.62. The predicted molar refractivity (Wildman–Crippen MR) is 91.8 cm³/mol. The summed E-state index contributed by atoms with van der Waals surface area (Å²) in [5, 5.41) is 23.8. The topological polar surface area (TPSA) is 94.5 Å². The van der Waals surface area contributed by atoms with Crippen LogP contribution in [0.2, 0.25) is 0 Å². The standard InChI is InChI=1S/C17H21N7O/c1-4-14-19-20-15(25-14)9-18-16-10(2)6-5-7-12(16)17-21-22-23-24(17)13-8-11(13)3/h5-7,11,13,18H,4,8-9H2,1-3H3/t11-,13-/m1/s1. The van der Waals surface area contributed by atoms with Crippen LogP contribution in [0.15, 0.2) is 22.6 Å². The van der Waals surface area contributed by atoms with Gasteiger partial charge in [-0.05, 0) is 41.3 Å². The second kappa shape index (κ2) is 6.27. The van der Waals surface area contributed by atoms with Crippen molar-refractivity contribution in [3.8, 4) is 11.4 Å². The Hall–Kier alpha value is -2.77. The van der Waals surface area contributed by atoms with E-state index in [1.807, 2.05) is 23.7 Å². The van der Waals surface area contributed by atoms with Gasteiger partial charge in [0.15, 0.2) is 5.82 Å². The summed E-state index contributed by atoms with van der Waals surface area (Å²) in [4.78, 5) is 0. The maximum atomic E-state index is 5.58. The number of hydrogen-bond acceptors (Lipinski definition) is 7. The van der Waals surface area contributed by atoms with Crippen molar-refractivity contribution in [3.05, 3.63) is 35.5 Å². The predicted octanol–water partition coefficient (Wildman–Crippen LogP) is 2.79. The molecule has 0 unspecified atom stereocenters. The zero-order valence-electron chi connectivity index (χ0n) is 14.6. The number of hydrogen-bond donors (Lipinski definition) is 1. The van der Waals surface area contributed by atoms with Gasteiger partial charge < -0.3 is 9.73 Å². The number of aryl methyl sites for hydroxylation is 2. The van der Waals surface area contributed by atoms with Crippen molar-refractivity contribution < 1.29 is 4.42 Å². The molecule has 2 atom stereocenters. The summed E-state index contributed by atoms with van der Waals surface area (Å²) in [6, 6.07) is 6.51. The minimum Gasteiger partial charge on any atom is -0.423 e. The summed E-state index contributed by atoms with van der Waals surface area (Å²) in [7, 11) is 0. The molecule has 8 heteroatoms. The Kier molecular flexibility index (Phi) is 3.95. The van der Waals surface area contributed by atoms with Gasteiger partial charge >= 0.3 is 0 Å². The summed E-state index contributed by atoms with van der Waals surface area (Å²) >= 11 is 0. The molecular formula is C17H21N7O. The van der Waals surface area contributed by atoms with Crippen LogP contribution < -0.4 is 5.32 Å². The minimum absolute atomic E-state index is 0.390. The molecule has 0 aliphatic heterocycles. The Morgan fingerprint density at radius 3 is 2.76 bits per heavy atom. The number of benzene rings is 1. The molecule has 1 aliphatic carbocycles. The first-order chi connectivity index (χ1) is 12.2. The number of anilines is 1. The first-order valence-electron chi connectivity index (χ1n) is 8.60. The van der Waals surface area contributed by atoms with Crippen LogP contribution in [-0.2, 0) is 13.0 Å². The lowest BCUT2D eigenvalue weighted by molar-refractivity contribution is 0.460. The summed E-state index contributed by atoms with van der Waals surface area (Å²) < 4.78 is 7.52. The summed E-state index contributed by atoms with van der Waals surface area (Å²) in [5.74, 6) is 2.63. The Labute approximate surface area is 145 Å². The van der Waals surface area contributed by atoms with Gasteiger partial charge in [-0.2, -0.15) is 0 Å². The molecule has 0 radical (unpaired) electrons. The fourth-order valence-corrected chi connectivity index (χ4v) is 2.99. The van der Waals surface area contributed by atoms with Gasteiger partial charge in [0.2, 0.25) is 11.8 Å². The number of para-hydroxylation sites is 1. The minimum atomic E-state index is 0.390. The number of tetrazole rings is 1. The molecule has 0 saturated heterocycles. The molecular weight excluding hydrogens is 318 g/mol. The van der Waals surface area contributed by atoms with E-state index in [9.17, 15) is 0 Å². The lowest BCUT2D eigenvalue weighted by atomic mass is 10.1. The van der Waals surface area contributed by atoms with E-state index in [0.717, 1.165) is 35.5 Å². The summed E-state index contributed by atoms with van der Waals surface area (Å²) in [5.41, 5.74) is 3.09. The molecule has 8 nitrogen and oxygen atoms in total. The van der Waals surface area contributed by atoms with Crippen LogP contribution in [0.25, 0.3) is 11.4 Å². The summed E-state index contributed by atoms with van der Waals surface area (Å²) in [6.07, 6.45) is 1.85. The monoisotopic (exact) mass is 339 g/mol. The van der Waals surface area contributed by atoms with Gasteiger partial charge in [0.1, 0.15) is 0 Å². The summed E-state index contributed by atoms with van der Waals surface area (Å²) in [6.45, 7) is 6.73. The third-order valence-electron chi connectivity index (χ3n) is 4.62. The number of rotatable bonds is 6. The smallest absolute Gasteiger partial charge is 0.235 e. The molecule has 130 valence electrons. The fraction of sp³-hybridized carbons (Fsp3) is 0.471. The van der Waals surface area contributed by atoms with Crippen molar-refractivity contribution in [1.82, 2.24) is 30.4 Å². The van der Waals surface area contributed by atoms with Gasteiger partial charge in [-0.1, -0.05) is 26.0 Å². The molecule has 1 aromatic carbocycles. The van der Waals surface area contributed by atoms with Gasteiger partial charge in [-0.3, -0.25) is 0 Å². The molecule has 1 saturated carbocycles. The number of nitrogens with zero attached hydrogens (tertiary/aromatic N) is 6. The van der Waals surface area contributed by atoms with Crippen molar-refractivity contribution in [2.45, 2.75) is 46.2 Å². The fourth-order valence-electron chi connectivity index (χ4n) is 2.99.